The molecule has 1 heterocycles. The molecular weight excluding hydrogens is 326 g/mol. The lowest BCUT2D eigenvalue weighted by atomic mass is 10.0. The van der Waals surface area contributed by atoms with Gasteiger partial charge < -0.3 is 5.32 Å². The molecule has 20 heavy (non-hydrogen) atoms. The largest absolute Gasteiger partial charge is 0.316 e. The van der Waals surface area contributed by atoms with E-state index in [1.54, 1.807) is 19.3 Å². The van der Waals surface area contributed by atoms with E-state index in [0.717, 1.165) is 16.2 Å². The first kappa shape index (κ1) is 15.1. The monoisotopic (exact) mass is 340 g/mol. The van der Waals surface area contributed by atoms with Gasteiger partial charge in [-0.1, -0.05) is 12.1 Å². The molecule has 0 aliphatic heterocycles. The summed E-state index contributed by atoms with van der Waals surface area (Å²) in [6.07, 6.45) is 2.79. The highest BCUT2D eigenvalue weighted by Gasteiger charge is 2.14. The smallest absolute Gasteiger partial charge is 0.162 e. The van der Waals surface area contributed by atoms with E-state index in [-0.39, 0.29) is 6.04 Å². The van der Waals surface area contributed by atoms with Crippen LogP contribution in [0.25, 0.3) is 0 Å². The van der Waals surface area contributed by atoms with Crippen LogP contribution in [0.1, 0.15) is 11.3 Å². The van der Waals surface area contributed by atoms with Crippen LogP contribution in [0.3, 0.4) is 0 Å². The second-order valence-corrected chi connectivity index (χ2v) is 5.49. The number of rotatable bonds is 5. The van der Waals surface area contributed by atoms with Crippen molar-refractivity contribution in [1.82, 2.24) is 10.3 Å². The highest BCUT2D eigenvalue weighted by Crippen LogP contribution is 2.15. The van der Waals surface area contributed by atoms with Crippen molar-refractivity contribution in [3.8, 4) is 0 Å². The molecule has 1 aromatic carbocycles. The van der Waals surface area contributed by atoms with Crippen molar-refractivity contribution in [2.45, 2.75) is 18.9 Å². The topological polar surface area (TPSA) is 24.9 Å². The molecule has 0 saturated heterocycles. The molecule has 0 aliphatic rings. The predicted molar refractivity (Wildman–Crippen MR) is 78.6 cm³/mol. The van der Waals surface area contributed by atoms with Gasteiger partial charge in [-0.25, -0.2) is 8.78 Å². The van der Waals surface area contributed by atoms with E-state index in [4.69, 9.17) is 0 Å². The molecule has 2 aromatic rings. The highest BCUT2D eigenvalue weighted by molar-refractivity contribution is 9.10. The molecule has 1 atom stereocenters. The lowest BCUT2D eigenvalue weighted by Crippen LogP contribution is -2.30. The van der Waals surface area contributed by atoms with E-state index < -0.39 is 11.6 Å². The molecule has 2 rings (SSSR count). The van der Waals surface area contributed by atoms with Crippen molar-refractivity contribution >= 4 is 15.9 Å². The van der Waals surface area contributed by atoms with Crippen LogP contribution in [0, 0.1) is 11.6 Å². The Morgan fingerprint density at radius 1 is 1.20 bits per heavy atom. The van der Waals surface area contributed by atoms with Gasteiger partial charge in [0.15, 0.2) is 11.6 Å². The Morgan fingerprint density at radius 3 is 2.65 bits per heavy atom. The van der Waals surface area contributed by atoms with Crippen LogP contribution in [-0.4, -0.2) is 18.1 Å². The van der Waals surface area contributed by atoms with Gasteiger partial charge in [0.05, 0.1) is 0 Å². The summed E-state index contributed by atoms with van der Waals surface area (Å²) in [7, 11) is 1.81. The fourth-order valence-electron chi connectivity index (χ4n) is 2.03. The maximum Gasteiger partial charge on any atom is 0.162 e. The summed E-state index contributed by atoms with van der Waals surface area (Å²) >= 11 is 3.33. The van der Waals surface area contributed by atoms with E-state index >= 15 is 0 Å². The zero-order valence-electron chi connectivity index (χ0n) is 11.0. The molecule has 2 nitrogen and oxygen atoms in total. The molecule has 0 radical (unpaired) electrons. The van der Waals surface area contributed by atoms with Gasteiger partial charge in [0.2, 0.25) is 0 Å². The fourth-order valence-corrected chi connectivity index (χ4v) is 2.26. The molecule has 0 bridgehead atoms. The van der Waals surface area contributed by atoms with Gasteiger partial charge >= 0.3 is 0 Å². The average Bonchev–Trinajstić information content (AvgIpc) is 2.45. The molecule has 0 saturated carbocycles. The Labute approximate surface area is 125 Å². The number of pyridine rings is 1. The lowest BCUT2D eigenvalue weighted by Gasteiger charge is -2.16. The van der Waals surface area contributed by atoms with Gasteiger partial charge in [0, 0.05) is 28.8 Å². The minimum Gasteiger partial charge on any atom is -0.316 e. The molecule has 0 aliphatic carbocycles. The number of hydrogen-bond acceptors (Lipinski definition) is 2. The molecule has 1 unspecified atom stereocenters. The minimum atomic E-state index is -0.806. The molecular formula is C15H15BrF2N2. The number of halogens is 3. The summed E-state index contributed by atoms with van der Waals surface area (Å²) in [5, 5.41) is 3.12. The second-order valence-electron chi connectivity index (χ2n) is 4.57. The van der Waals surface area contributed by atoms with Crippen LogP contribution < -0.4 is 5.32 Å². The predicted octanol–water partition coefficient (Wildman–Crippen LogP) is 3.50. The molecule has 0 amide bonds. The van der Waals surface area contributed by atoms with Crippen LogP contribution >= 0.6 is 15.9 Å². The van der Waals surface area contributed by atoms with Crippen molar-refractivity contribution in [3.05, 3.63) is 63.9 Å². The molecule has 1 aromatic heterocycles. The van der Waals surface area contributed by atoms with Gasteiger partial charge in [0.25, 0.3) is 0 Å². The lowest BCUT2D eigenvalue weighted by molar-refractivity contribution is 0.481. The number of aromatic nitrogens is 1. The molecule has 5 heteroatoms. The zero-order chi connectivity index (χ0) is 14.5. The second kappa shape index (κ2) is 6.90. The maximum absolute atomic E-state index is 13.7. The molecule has 0 fully saturated rings. The summed E-state index contributed by atoms with van der Waals surface area (Å²) in [5.41, 5.74) is 1.28. The van der Waals surface area contributed by atoms with E-state index in [9.17, 15) is 8.78 Å². The fraction of sp³-hybridized carbons (Fsp3) is 0.267. The van der Waals surface area contributed by atoms with Crippen LogP contribution in [-0.2, 0) is 12.8 Å². The standard InChI is InChI=1S/C15H15BrF2N2/c1-19-13(8-12-6-5-11(16)9-20-12)7-10-3-2-4-14(17)15(10)18/h2-6,9,13,19H,7-8H2,1H3. The summed E-state index contributed by atoms with van der Waals surface area (Å²) in [6, 6.07) is 8.09. The number of likely N-dealkylation sites (N-methyl/N-ethyl adjacent to an activating group) is 1. The summed E-state index contributed by atoms with van der Waals surface area (Å²) in [6.45, 7) is 0. The quantitative estimate of drug-likeness (QED) is 0.901. The third kappa shape index (κ3) is 3.84. The van der Waals surface area contributed by atoms with Crippen molar-refractivity contribution in [3.63, 3.8) is 0 Å². The van der Waals surface area contributed by atoms with Crippen LogP contribution in [0.2, 0.25) is 0 Å². The van der Waals surface area contributed by atoms with E-state index in [1.807, 2.05) is 12.1 Å². The first-order valence-corrected chi connectivity index (χ1v) is 7.10. The number of hydrogen-bond donors (Lipinski definition) is 1. The van der Waals surface area contributed by atoms with E-state index in [1.165, 1.54) is 6.07 Å². The Hall–Kier alpha value is -1.33. The Bertz CT molecular complexity index is 573. The minimum absolute atomic E-state index is 0.0000227. The summed E-state index contributed by atoms with van der Waals surface area (Å²) in [5.74, 6) is -1.57. The van der Waals surface area contributed by atoms with Crippen LogP contribution in [0.15, 0.2) is 41.0 Å². The van der Waals surface area contributed by atoms with Gasteiger partial charge in [-0.2, -0.15) is 0 Å². The van der Waals surface area contributed by atoms with Gasteiger partial charge in [-0.05, 0) is 53.2 Å². The molecule has 0 spiro atoms. The number of benzene rings is 1. The Morgan fingerprint density at radius 2 is 2.00 bits per heavy atom. The van der Waals surface area contributed by atoms with E-state index in [0.29, 0.717) is 18.4 Å². The molecule has 106 valence electrons. The average molecular weight is 341 g/mol. The number of nitrogens with zero attached hydrogens (tertiary/aromatic N) is 1. The van der Waals surface area contributed by atoms with Crippen LogP contribution in [0.4, 0.5) is 8.78 Å². The van der Waals surface area contributed by atoms with Gasteiger partial charge in [-0.15, -0.1) is 0 Å². The number of nitrogens with one attached hydrogen (secondary N) is 1. The summed E-state index contributed by atoms with van der Waals surface area (Å²) < 4.78 is 27.8. The first-order valence-electron chi connectivity index (χ1n) is 6.30. The third-order valence-corrected chi connectivity index (χ3v) is 3.62. The first-order chi connectivity index (χ1) is 9.60. The van der Waals surface area contributed by atoms with Crippen molar-refractivity contribution in [1.29, 1.82) is 0 Å². The Kier molecular flexibility index (Phi) is 5.20. The maximum atomic E-state index is 13.7. The SMILES string of the molecule is CNC(Cc1ccc(Br)cn1)Cc1cccc(F)c1F. The third-order valence-electron chi connectivity index (χ3n) is 3.15. The van der Waals surface area contributed by atoms with Crippen molar-refractivity contribution in [2.24, 2.45) is 0 Å². The van der Waals surface area contributed by atoms with Crippen molar-refractivity contribution < 1.29 is 8.78 Å². The zero-order valence-corrected chi connectivity index (χ0v) is 12.6. The normalized spacial score (nSPS) is 12.4. The van der Waals surface area contributed by atoms with E-state index in [2.05, 4.69) is 26.2 Å². The van der Waals surface area contributed by atoms with Gasteiger partial charge in [-0.3, -0.25) is 4.98 Å². The van der Waals surface area contributed by atoms with Gasteiger partial charge in [0.1, 0.15) is 0 Å². The van der Waals surface area contributed by atoms with Crippen molar-refractivity contribution in [2.75, 3.05) is 7.05 Å². The van der Waals surface area contributed by atoms with Crippen LogP contribution in [0.5, 0.6) is 0 Å². The summed E-state index contributed by atoms with van der Waals surface area (Å²) in [4.78, 5) is 4.29. The highest BCUT2D eigenvalue weighted by atomic mass is 79.9. The Balaban J connectivity index is 2.09. The molecule has 1 N–H and O–H groups in total.